The molecule has 3 rings (SSSR count). The maximum absolute atomic E-state index is 12.6. The molecule has 0 saturated carbocycles. The summed E-state index contributed by atoms with van der Waals surface area (Å²) >= 11 is 0. The fourth-order valence-corrected chi connectivity index (χ4v) is 2.74. The van der Waals surface area contributed by atoms with Crippen LogP contribution in [0.3, 0.4) is 0 Å². The summed E-state index contributed by atoms with van der Waals surface area (Å²) in [6.45, 7) is 3.33. The molecule has 0 bridgehead atoms. The number of carbonyl (C=O) groups is 1. The van der Waals surface area contributed by atoms with E-state index >= 15 is 0 Å². The number of hydrogen-bond donors (Lipinski definition) is 0. The maximum Gasteiger partial charge on any atom is 0.257 e. The van der Waals surface area contributed by atoms with Gasteiger partial charge in [-0.25, -0.2) is 9.67 Å². The van der Waals surface area contributed by atoms with Crippen LogP contribution in [0.15, 0.2) is 18.9 Å². The highest BCUT2D eigenvalue weighted by molar-refractivity contribution is 5.95. The van der Waals surface area contributed by atoms with Crippen molar-refractivity contribution in [2.75, 3.05) is 13.1 Å². The van der Waals surface area contributed by atoms with Gasteiger partial charge in [-0.3, -0.25) is 9.48 Å². The molecular weight excluding hydrogens is 256 g/mol. The number of aromatic nitrogens is 5. The Labute approximate surface area is 117 Å². The first-order chi connectivity index (χ1) is 9.65. The third kappa shape index (κ3) is 2.31. The molecular formula is C13H18N6O. The van der Waals surface area contributed by atoms with Crippen LogP contribution in [0.1, 0.15) is 34.9 Å². The Morgan fingerprint density at radius 2 is 2.30 bits per heavy atom. The van der Waals surface area contributed by atoms with Gasteiger partial charge in [0.25, 0.3) is 5.91 Å². The van der Waals surface area contributed by atoms with Gasteiger partial charge in [0, 0.05) is 26.3 Å². The van der Waals surface area contributed by atoms with Gasteiger partial charge in [0.15, 0.2) is 0 Å². The first kappa shape index (κ1) is 12.8. The van der Waals surface area contributed by atoms with Crippen LogP contribution in [0, 0.1) is 6.92 Å². The molecule has 0 spiro atoms. The van der Waals surface area contributed by atoms with Crippen molar-refractivity contribution in [3.05, 3.63) is 30.1 Å². The Morgan fingerprint density at radius 3 is 2.95 bits per heavy atom. The number of hydrogen-bond acceptors (Lipinski definition) is 4. The molecule has 1 aliphatic rings. The SMILES string of the molecule is Cc1nn(C)cc1C(=O)N1CCC[C@@H](n2cncn2)C1. The van der Waals surface area contributed by atoms with E-state index in [2.05, 4.69) is 15.2 Å². The number of rotatable bonds is 2. The molecule has 3 heterocycles. The topological polar surface area (TPSA) is 68.8 Å². The first-order valence-electron chi connectivity index (χ1n) is 6.79. The number of nitrogens with zero attached hydrogens (tertiary/aromatic N) is 6. The average Bonchev–Trinajstić information content (AvgIpc) is 3.08. The van der Waals surface area contributed by atoms with Crippen LogP contribution in [-0.4, -0.2) is 48.4 Å². The quantitative estimate of drug-likeness (QED) is 0.812. The first-order valence-corrected chi connectivity index (χ1v) is 6.79. The van der Waals surface area contributed by atoms with E-state index in [9.17, 15) is 4.79 Å². The largest absolute Gasteiger partial charge is 0.336 e. The molecule has 1 atom stereocenters. The Morgan fingerprint density at radius 1 is 1.45 bits per heavy atom. The van der Waals surface area contributed by atoms with E-state index in [4.69, 9.17) is 0 Å². The number of aryl methyl sites for hydroxylation is 2. The van der Waals surface area contributed by atoms with Crippen molar-refractivity contribution >= 4 is 5.91 Å². The van der Waals surface area contributed by atoms with Gasteiger partial charge in [-0.2, -0.15) is 10.2 Å². The van der Waals surface area contributed by atoms with Crippen LogP contribution >= 0.6 is 0 Å². The third-order valence-electron chi connectivity index (χ3n) is 3.74. The lowest BCUT2D eigenvalue weighted by Crippen LogP contribution is -2.41. The van der Waals surface area contributed by atoms with Gasteiger partial charge in [0.1, 0.15) is 12.7 Å². The second-order valence-electron chi connectivity index (χ2n) is 5.22. The average molecular weight is 274 g/mol. The van der Waals surface area contributed by atoms with E-state index < -0.39 is 0 Å². The van der Waals surface area contributed by atoms with Crippen molar-refractivity contribution in [1.82, 2.24) is 29.4 Å². The minimum Gasteiger partial charge on any atom is -0.336 e. The molecule has 0 aromatic carbocycles. The van der Waals surface area contributed by atoms with Gasteiger partial charge in [0.05, 0.1) is 17.3 Å². The highest BCUT2D eigenvalue weighted by atomic mass is 16.2. The second kappa shape index (κ2) is 5.07. The van der Waals surface area contributed by atoms with Crippen LogP contribution in [0.2, 0.25) is 0 Å². The Balaban J connectivity index is 1.77. The summed E-state index contributed by atoms with van der Waals surface area (Å²) in [5.74, 6) is 0.0559. The van der Waals surface area contributed by atoms with E-state index in [1.807, 2.05) is 23.6 Å². The number of likely N-dealkylation sites (tertiary alicyclic amines) is 1. The number of carbonyl (C=O) groups excluding carboxylic acids is 1. The summed E-state index contributed by atoms with van der Waals surface area (Å²) in [6, 6.07) is 0.215. The minimum atomic E-state index is 0.0559. The van der Waals surface area contributed by atoms with Crippen LogP contribution in [0.5, 0.6) is 0 Å². The molecule has 0 aliphatic carbocycles. The highest BCUT2D eigenvalue weighted by Gasteiger charge is 2.27. The molecule has 1 aliphatic heterocycles. The van der Waals surface area contributed by atoms with Crippen molar-refractivity contribution in [3.63, 3.8) is 0 Å². The molecule has 0 N–H and O–H groups in total. The molecule has 2 aromatic rings. The molecule has 2 aromatic heterocycles. The molecule has 7 heteroatoms. The summed E-state index contributed by atoms with van der Waals surface area (Å²) in [6.07, 6.45) is 7.05. The van der Waals surface area contributed by atoms with Gasteiger partial charge >= 0.3 is 0 Å². The smallest absolute Gasteiger partial charge is 0.257 e. The molecule has 1 fully saturated rings. The van der Waals surface area contributed by atoms with Gasteiger partial charge in [-0.1, -0.05) is 0 Å². The van der Waals surface area contributed by atoms with Crippen molar-refractivity contribution in [1.29, 1.82) is 0 Å². The zero-order valence-corrected chi connectivity index (χ0v) is 11.7. The molecule has 7 nitrogen and oxygen atoms in total. The summed E-state index contributed by atoms with van der Waals surface area (Å²) in [4.78, 5) is 18.4. The lowest BCUT2D eigenvalue weighted by Gasteiger charge is -2.32. The van der Waals surface area contributed by atoms with Crippen molar-refractivity contribution < 1.29 is 4.79 Å². The molecule has 1 saturated heterocycles. The summed E-state index contributed by atoms with van der Waals surface area (Å²) in [5.41, 5.74) is 1.46. The molecule has 0 unspecified atom stereocenters. The lowest BCUT2D eigenvalue weighted by molar-refractivity contribution is 0.0672. The second-order valence-corrected chi connectivity index (χ2v) is 5.22. The Bertz CT molecular complexity index is 602. The fraction of sp³-hybridized carbons (Fsp3) is 0.538. The molecule has 20 heavy (non-hydrogen) atoms. The van der Waals surface area contributed by atoms with Crippen LogP contribution < -0.4 is 0 Å². The van der Waals surface area contributed by atoms with Gasteiger partial charge in [-0.05, 0) is 19.8 Å². The van der Waals surface area contributed by atoms with Crippen LogP contribution in [-0.2, 0) is 7.05 Å². The zero-order chi connectivity index (χ0) is 14.1. The number of amides is 1. The van der Waals surface area contributed by atoms with Gasteiger partial charge in [0.2, 0.25) is 0 Å². The van der Waals surface area contributed by atoms with E-state index in [1.54, 1.807) is 17.2 Å². The van der Waals surface area contributed by atoms with Gasteiger partial charge < -0.3 is 4.90 Å². The predicted molar refractivity (Wildman–Crippen MR) is 72.1 cm³/mol. The maximum atomic E-state index is 12.6. The highest BCUT2D eigenvalue weighted by Crippen LogP contribution is 2.22. The monoisotopic (exact) mass is 274 g/mol. The summed E-state index contributed by atoms with van der Waals surface area (Å²) in [5, 5.41) is 8.42. The number of piperidine rings is 1. The summed E-state index contributed by atoms with van der Waals surface area (Å²) in [7, 11) is 1.83. The predicted octanol–water partition coefficient (Wildman–Crippen LogP) is 0.797. The van der Waals surface area contributed by atoms with E-state index in [1.165, 1.54) is 6.33 Å². The zero-order valence-electron chi connectivity index (χ0n) is 11.7. The van der Waals surface area contributed by atoms with Crippen molar-refractivity contribution in [2.45, 2.75) is 25.8 Å². The minimum absolute atomic E-state index is 0.0559. The third-order valence-corrected chi connectivity index (χ3v) is 3.74. The Hall–Kier alpha value is -2.18. The van der Waals surface area contributed by atoms with Crippen molar-refractivity contribution in [2.24, 2.45) is 7.05 Å². The summed E-state index contributed by atoms with van der Waals surface area (Å²) < 4.78 is 3.52. The van der Waals surface area contributed by atoms with Crippen molar-refractivity contribution in [3.8, 4) is 0 Å². The Kier molecular flexibility index (Phi) is 3.25. The molecule has 106 valence electrons. The fourth-order valence-electron chi connectivity index (χ4n) is 2.74. The molecule has 0 radical (unpaired) electrons. The molecule has 1 amide bonds. The van der Waals surface area contributed by atoms with Crippen LogP contribution in [0.4, 0.5) is 0 Å². The normalized spacial score (nSPS) is 19.3. The standard InChI is InChI=1S/C13H18N6O/c1-10-12(7-17(2)16-10)13(20)18-5-3-4-11(6-18)19-9-14-8-15-19/h7-9,11H,3-6H2,1-2H3/t11-/m1/s1. The van der Waals surface area contributed by atoms with E-state index in [0.29, 0.717) is 12.1 Å². The van der Waals surface area contributed by atoms with E-state index in [-0.39, 0.29) is 11.9 Å². The van der Waals surface area contributed by atoms with E-state index in [0.717, 1.165) is 25.1 Å². The van der Waals surface area contributed by atoms with Crippen LogP contribution in [0.25, 0.3) is 0 Å². The lowest BCUT2D eigenvalue weighted by atomic mass is 10.0. The van der Waals surface area contributed by atoms with Gasteiger partial charge in [-0.15, -0.1) is 0 Å².